The van der Waals surface area contributed by atoms with E-state index in [-0.39, 0.29) is 32.5 Å². The molecule has 2 aromatic heterocycles. The fourth-order valence-corrected chi connectivity index (χ4v) is 16.5. The van der Waals surface area contributed by atoms with E-state index in [1.54, 1.807) is 0 Å². The van der Waals surface area contributed by atoms with Crippen molar-refractivity contribution >= 4 is 110 Å². The van der Waals surface area contributed by atoms with Crippen LogP contribution < -0.4 is 21.1 Å². The normalized spacial score (nSPS) is 19.6. The number of thiophene rings is 2. The molecule has 364 valence electrons. The summed E-state index contributed by atoms with van der Waals surface area (Å²) in [7, 11) is 0.848. The van der Waals surface area contributed by atoms with Gasteiger partial charge in [-0.05, 0) is 193 Å². The third-order valence-electron chi connectivity index (χ3n) is 19.0. The van der Waals surface area contributed by atoms with Crippen LogP contribution in [0.3, 0.4) is 0 Å². The van der Waals surface area contributed by atoms with Crippen LogP contribution in [0.5, 0.6) is 0 Å². The minimum atomic E-state index is 0.0293. The second kappa shape index (κ2) is 15.4. The number of hydrogen-bond donors (Lipinski definition) is 1. The third-order valence-corrected chi connectivity index (χ3v) is 21.5. The number of nitrogens with zero attached hydrogens (tertiary/aromatic N) is 1. The first-order valence-corrected chi connectivity index (χ1v) is 28.6. The van der Waals surface area contributed by atoms with Gasteiger partial charge in [0.2, 0.25) is 7.28 Å². The van der Waals surface area contributed by atoms with Gasteiger partial charge in [0.25, 0.3) is 0 Å². The Morgan fingerprint density at radius 1 is 0.431 bits per heavy atom. The number of hydrogen-bond acceptors (Lipinski definition) is 4. The minimum absolute atomic E-state index is 0.0293. The van der Waals surface area contributed by atoms with Crippen LogP contribution in [0.25, 0.3) is 51.5 Å². The number of benzene rings is 7. The summed E-state index contributed by atoms with van der Waals surface area (Å²) in [5.74, 6) is 0. The van der Waals surface area contributed by atoms with E-state index in [0.29, 0.717) is 0 Å². The van der Waals surface area contributed by atoms with E-state index < -0.39 is 0 Å². The molecule has 4 aliphatic rings. The van der Waals surface area contributed by atoms with Gasteiger partial charge in [-0.25, -0.2) is 0 Å². The molecule has 9 aromatic rings. The molecule has 3 heterocycles. The zero-order chi connectivity index (χ0) is 50.2. The number of rotatable bonds is 4. The van der Waals surface area contributed by atoms with E-state index in [9.17, 15) is 0 Å². The molecule has 13 rings (SSSR count). The van der Waals surface area contributed by atoms with Crippen LogP contribution in [0, 0.1) is 6.92 Å². The summed E-state index contributed by atoms with van der Waals surface area (Å²) < 4.78 is 5.49. The molecule has 0 amide bonds. The van der Waals surface area contributed by atoms with Crippen LogP contribution in [0.1, 0.15) is 161 Å². The summed E-state index contributed by atoms with van der Waals surface area (Å²) in [5.41, 5.74) is 22.7. The Balaban J connectivity index is 1.15. The average Bonchev–Trinajstić information content (AvgIpc) is 3.91. The van der Waals surface area contributed by atoms with Crippen molar-refractivity contribution in [3.05, 3.63) is 148 Å². The minimum Gasteiger partial charge on any atom is -0.355 e. The first-order valence-electron chi connectivity index (χ1n) is 27.0. The maximum Gasteiger partial charge on any atom is 0.200 e. The SMILES string of the molecule is Cc1cc2c(cc1N1c3ccc4c(sc5ccccc54)c3Bc3c(-c4cc5c(cc4Nc4ccc6c(c4)C(C)(C)CCC6(C)C)C(C)(C)CCC5(C)C)cc4c(sc5ccccc54)c31)C(C)(C)CCC2(C)C. The van der Waals surface area contributed by atoms with Gasteiger partial charge in [0.15, 0.2) is 0 Å². The molecule has 0 bridgehead atoms. The van der Waals surface area contributed by atoms with Crippen molar-refractivity contribution in [2.24, 2.45) is 0 Å². The van der Waals surface area contributed by atoms with E-state index >= 15 is 0 Å². The van der Waals surface area contributed by atoms with Crippen molar-refractivity contribution in [1.29, 1.82) is 0 Å². The maximum absolute atomic E-state index is 4.25. The second-order valence-corrected chi connectivity index (χ2v) is 28.7. The van der Waals surface area contributed by atoms with Crippen molar-refractivity contribution in [2.45, 2.75) is 161 Å². The molecule has 0 radical (unpaired) electrons. The lowest BCUT2D eigenvalue weighted by molar-refractivity contribution is 0.332. The quantitative estimate of drug-likeness (QED) is 0.177. The van der Waals surface area contributed by atoms with Gasteiger partial charge < -0.3 is 10.2 Å². The van der Waals surface area contributed by atoms with E-state index in [1.807, 2.05) is 22.7 Å². The first kappa shape index (κ1) is 46.4. The predicted octanol–water partition coefficient (Wildman–Crippen LogP) is 18.4. The molecule has 0 saturated heterocycles. The Morgan fingerprint density at radius 3 is 1.57 bits per heavy atom. The van der Waals surface area contributed by atoms with Gasteiger partial charge in [-0.3, -0.25) is 0 Å². The summed E-state index contributed by atoms with van der Waals surface area (Å²) in [5, 5.41) is 9.66. The summed E-state index contributed by atoms with van der Waals surface area (Å²) >= 11 is 3.96. The molecular weight excluding hydrogens is 908 g/mol. The molecule has 0 atom stereocenters. The van der Waals surface area contributed by atoms with E-state index in [1.165, 1.54) is 162 Å². The van der Waals surface area contributed by atoms with Crippen molar-refractivity contribution < 1.29 is 0 Å². The zero-order valence-corrected chi connectivity index (χ0v) is 46.7. The molecule has 7 aromatic carbocycles. The van der Waals surface area contributed by atoms with Crippen molar-refractivity contribution in [1.82, 2.24) is 0 Å². The fraction of sp³-hybridized carbons (Fsp3) is 0.373. The Labute approximate surface area is 437 Å². The van der Waals surface area contributed by atoms with Gasteiger partial charge >= 0.3 is 0 Å². The molecule has 2 nitrogen and oxygen atoms in total. The molecule has 1 aliphatic heterocycles. The molecule has 72 heavy (non-hydrogen) atoms. The monoisotopic (exact) mass is 979 g/mol. The Bertz CT molecular complexity index is 3790. The third kappa shape index (κ3) is 6.84. The first-order chi connectivity index (χ1) is 34.0. The van der Waals surface area contributed by atoms with Crippen LogP contribution in [0.2, 0.25) is 0 Å². The molecule has 0 saturated carbocycles. The van der Waals surface area contributed by atoms with Crippen LogP contribution in [-0.4, -0.2) is 7.28 Å². The highest BCUT2D eigenvalue weighted by Crippen LogP contribution is 2.55. The smallest absolute Gasteiger partial charge is 0.200 e. The Kier molecular flexibility index (Phi) is 9.91. The highest BCUT2D eigenvalue weighted by atomic mass is 32.1. The van der Waals surface area contributed by atoms with Crippen LogP contribution in [0.15, 0.2) is 109 Å². The summed E-state index contributed by atoms with van der Waals surface area (Å²) in [6, 6.07) is 43.6. The van der Waals surface area contributed by atoms with Gasteiger partial charge in [0, 0.05) is 58.6 Å². The molecular formula is C67H71BN2S2. The lowest BCUT2D eigenvalue weighted by Gasteiger charge is -2.44. The lowest BCUT2D eigenvalue weighted by atomic mass is 9.57. The van der Waals surface area contributed by atoms with Gasteiger partial charge in [-0.1, -0.05) is 138 Å². The molecule has 3 aliphatic carbocycles. The van der Waals surface area contributed by atoms with E-state index in [0.717, 1.165) is 13.7 Å². The highest BCUT2D eigenvalue weighted by molar-refractivity contribution is 7.27. The van der Waals surface area contributed by atoms with Gasteiger partial charge in [-0.2, -0.15) is 0 Å². The van der Waals surface area contributed by atoms with Gasteiger partial charge in [0.05, 0.1) is 10.4 Å². The van der Waals surface area contributed by atoms with Gasteiger partial charge in [-0.15, -0.1) is 22.7 Å². The Hall–Kier alpha value is -5.36. The summed E-state index contributed by atoms with van der Waals surface area (Å²) in [4.78, 5) is 2.76. The van der Waals surface area contributed by atoms with Crippen molar-refractivity contribution in [3.8, 4) is 11.1 Å². The number of anilines is 5. The predicted molar refractivity (Wildman–Crippen MR) is 319 cm³/mol. The average molecular weight is 979 g/mol. The van der Waals surface area contributed by atoms with Crippen molar-refractivity contribution in [2.75, 3.05) is 10.2 Å². The fourth-order valence-electron chi connectivity index (χ4n) is 14.0. The van der Waals surface area contributed by atoms with E-state index in [2.05, 4.69) is 209 Å². The van der Waals surface area contributed by atoms with E-state index in [4.69, 9.17) is 0 Å². The molecule has 0 unspecified atom stereocenters. The topological polar surface area (TPSA) is 15.3 Å². The maximum atomic E-state index is 4.25. The summed E-state index contributed by atoms with van der Waals surface area (Å²) in [6.07, 6.45) is 7.10. The summed E-state index contributed by atoms with van der Waals surface area (Å²) in [6.45, 7) is 32.0. The van der Waals surface area contributed by atoms with Crippen LogP contribution in [0.4, 0.5) is 28.4 Å². The second-order valence-electron chi connectivity index (χ2n) is 26.6. The molecule has 0 fully saturated rings. The van der Waals surface area contributed by atoms with Crippen LogP contribution >= 0.6 is 22.7 Å². The molecule has 5 heteroatoms. The number of fused-ring (bicyclic) bond motifs is 13. The standard InChI is InChI=1S/C67H71BN2S2/c1-38-32-47-51(67(12,13)31-28-63(47,4)5)37-54(38)70-53-25-23-42-40-18-14-16-20-55(40)71-60(42)58(53)68-57-44(34-45-41-19-15-17-21-56(41)72-61(45)59(57)70)43-35-49-50(66(10,11)30-29-65(49,8)9)36-52(43)69-39-22-24-46-48(33-39)64(6,7)27-26-62(46,2)3/h14-25,32-37,68-69H,26-31H2,1-13H3. The molecule has 0 spiro atoms. The van der Waals surface area contributed by atoms with Crippen molar-refractivity contribution in [3.63, 3.8) is 0 Å². The number of aryl methyl sites for hydroxylation is 1. The van der Waals surface area contributed by atoms with Gasteiger partial charge in [0.1, 0.15) is 0 Å². The largest absolute Gasteiger partial charge is 0.355 e. The lowest BCUT2D eigenvalue weighted by Crippen LogP contribution is -2.42. The molecule has 1 N–H and O–H groups in total. The Morgan fingerprint density at radius 2 is 0.944 bits per heavy atom. The van der Waals surface area contributed by atoms with Crippen LogP contribution in [-0.2, 0) is 32.5 Å². The highest BCUT2D eigenvalue weighted by Gasteiger charge is 2.42. The zero-order valence-electron chi connectivity index (χ0n) is 45.1. The number of nitrogens with one attached hydrogen (secondary N) is 1.